The Bertz CT molecular complexity index is 1080. The van der Waals surface area contributed by atoms with Crippen LogP contribution in [0.4, 0.5) is 5.00 Å². The van der Waals surface area contributed by atoms with E-state index in [1.807, 2.05) is 12.1 Å². The summed E-state index contributed by atoms with van der Waals surface area (Å²) in [4.78, 5) is 25.6. The smallest absolute Gasteiger partial charge is 0.341 e. The van der Waals surface area contributed by atoms with E-state index in [9.17, 15) is 9.59 Å². The van der Waals surface area contributed by atoms with Crippen LogP contribution in [0.2, 0.25) is 5.02 Å². The van der Waals surface area contributed by atoms with Gasteiger partial charge in [0.25, 0.3) is 5.91 Å². The first-order valence-corrected chi connectivity index (χ1v) is 10.3. The molecule has 0 aliphatic carbocycles. The Morgan fingerprint density at radius 1 is 1.07 bits per heavy atom. The van der Waals surface area contributed by atoms with Gasteiger partial charge in [0.1, 0.15) is 22.1 Å². The molecule has 156 valence electrons. The van der Waals surface area contributed by atoms with Gasteiger partial charge in [0.2, 0.25) is 0 Å². The lowest BCUT2D eigenvalue weighted by atomic mass is 10.0. The van der Waals surface area contributed by atoms with Crippen LogP contribution in [0.15, 0.2) is 47.8 Å². The van der Waals surface area contributed by atoms with Crippen molar-refractivity contribution in [2.24, 2.45) is 0 Å². The molecule has 0 atom stereocenters. The van der Waals surface area contributed by atoms with Crippen molar-refractivity contribution in [3.8, 4) is 22.6 Å². The van der Waals surface area contributed by atoms with Crippen LogP contribution in [-0.2, 0) is 4.74 Å². The van der Waals surface area contributed by atoms with E-state index in [0.717, 1.165) is 0 Å². The van der Waals surface area contributed by atoms with E-state index in [0.29, 0.717) is 38.2 Å². The van der Waals surface area contributed by atoms with Crippen molar-refractivity contribution < 1.29 is 23.8 Å². The number of hydrogen-bond acceptors (Lipinski definition) is 6. The molecule has 3 rings (SSSR count). The Balaban J connectivity index is 2.01. The van der Waals surface area contributed by atoms with Gasteiger partial charge in [0, 0.05) is 27.6 Å². The van der Waals surface area contributed by atoms with Gasteiger partial charge in [-0.15, -0.1) is 11.3 Å². The zero-order chi connectivity index (χ0) is 21.7. The lowest BCUT2D eigenvalue weighted by Gasteiger charge is -2.12. The maximum Gasteiger partial charge on any atom is 0.341 e. The minimum atomic E-state index is -0.536. The maximum atomic E-state index is 12.9. The zero-order valence-electron chi connectivity index (χ0n) is 16.7. The molecule has 0 aliphatic rings. The normalized spacial score (nSPS) is 10.4. The Morgan fingerprint density at radius 3 is 2.50 bits per heavy atom. The zero-order valence-corrected chi connectivity index (χ0v) is 18.2. The molecule has 1 aromatic heterocycles. The monoisotopic (exact) mass is 445 g/mol. The summed E-state index contributed by atoms with van der Waals surface area (Å²) in [6.07, 6.45) is 0. The average Bonchev–Trinajstić information content (AvgIpc) is 3.16. The van der Waals surface area contributed by atoms with Gasteiger partial charge < -0.3 is 19.5 Å². The molecule has 0 fully saturated rings. The number of anilines is 1. The van der Waals surface area contributed by atoms with E-state index in [1.165, 1.54) is 25.6 Å². The first-order chi connectivity index (χ1) is 14.5. The van der Waals surface area contributed by atoms with Crippen LogP contribution >= 0.6 is 22.9 Å². The van der Waals surface area contributed by atoms with Crippen LogP contribution in [-0.4, -0.2) is 32.7 Å². The lowest BCUT2D eigenvalue weighted by Crippen LogP contribution is -2.15. The molecular formula is C22H20ClNO5S. The Hall–Kier alpha value is -3.03. The van der Waals surface area contributed by atoms with E-state index in [4.69, 9.17) is 25.8 Å². The minimum Gasteiger partial charge on any atom is -0.497 e. The third-order valence-corrected chi connectivity index (χ3v) is 5.54. The first-order valence-electron chi connectivity index (χ1n) is 9.07. The topological polar surface area (TPSA) is 73.9 Å². The SMILES string of the molecule is CCOC(=O)c1c(-c2ccccc2Cl)csc1NC(=O)c1ccc(OC)cc1OC. The second kappa shape index (κ2) is 9.65. The number of esters is 1. The number of benzene rings is 2. The van der Waals surface area contributed by atoms with Crippen molar-refractivity contribution in [1.29, 1.82) is 0 Å². The highest BCUT2D eigenvalue weighted by Gasteiger charge is 2.25. The molecule has 6 nitrogen and oxygen atoms in total. The molecular weight excluding hydrogens is 426 g/mol. The second-order valence-electron chi connectivity index (χ2n) is 6.07. The summed E-state index contributed by atoms with van der Waals surface area (Å²) in [6, 6.07) is 12.1. The molecule has 1 amide bonds. The quantitative estimate of drug-likeness (QED) is 0.485. The van der Waals surface area contributed by atoms with E-state index >= 15 is 0 Å². The first kappa shape index (κ1) is 21.7. The third kappa shape index (κ3) is 4.42. The highest BCUT2D eigenvalue weighted by atomic mass is 35.5. The Kier molecular flexibility index (Phi) is 6.97. The number of methoxy groups -OCH3 is 2. The standard InChI is InChI=1S/C22H20ClNO5S/c1-4-29-22(26)19-16(14-7-5-6-8-17(14)23)12-30-21(19)24-20(25)15-10-9-13(27-2)11-18(15)28-3/h5-12H,4H2,1-3H3,(H,24,25). The lowest BCUT2D eigenvalue weighted by molar-refractivity contribution is 0.0529. The Morgan fingerprint density at radius 2 is 1.83 bits per heavy atom. The van der Waals surface area contributed by atoms with Crippen molar-refractivity contribution in [1.82, 2.24) is 0 Å². The molecule has 0 aliphatic heterocycles. The van der Waals surface area contributed by atoms with Crippen molar-refractivity contribution in [3.63, 3.8) is 0 Å². The highest BCUT2D eigenvalue weighted by molar-refractivity contribution is 7.15. The van der Waals surface area contributed by atoms with E-state index < -0.39 is 11.9 Å². The van der Waals surface area contributed by atoms with E-state index in [2.05, 4.69) is 5.32 Å². The summed E-state index contributed by atoms with van der Waals surface area (Å²) in [5.74, 6) is -0.0431. The van der Waals surface area contributed by atoms with Crippen molar-refractivity contribution in [3.05, 3.63) is 64.0 Å². The van der Waals surface area contributed by atoms with Crippen molar-refractivity contribution in [2.45, 2.75) is 6.92 Å². The van der Waals surface area contributed by atoms with Gasteiger partial charge in [0.05, 0.1) is 26.4 Å². The summed E-state index contributed by atoms with van der Waals surface area (Å²) < 4.78 is 15.7. The fourth-order valence-electron chi connectivity index (χ4n) is 2.89. The third-order valence-electron chi connectivity index (χ3n) is 4.31. The molecule has 0 unspecified atom stereocenters. The number of hydrogen-bond donors (Lipinski definition) is 1. The fourth-order valence-corrected chi connectivity index (χ4v) is 4.07. The summed E-state index contributed by atoms with van der Waals surface area (Å²) in [5.41, 5.74) is 1.85. The summed E-state index contributed by atoms with van der Waals surface area (Å²) in [7, 11) is 3.00. The number of nitrogens with one attached hydrogen (secondary N) is 1. The molecule has 3 aromatic rings. The summed E-state index contributed by atoms with van der Waals surface area (Å²) in [6.45, 7) is 1.93. The molecule has 2 aromatic carbocycles. The number of thiophene rings is 1. The van der Waals surface area contributed by atoms with E-state index in [1.54, 1.807) is 42.6 Å². The van der Waals surface area contributed by atoms with Gasteiger partial charge in [-0.3, -0.25) is 4.79 Å². The van der Waals surface area contributed by atoms with Gasteiger partial charge in [-0.05, 0) is 25.1 Å². The van der Waals surface area contributed by atoms with Crippen LogP contribution in [0.25, 0.3) is 11.1 Å². The molecule has 0 spiro atoms. The number of carbonyl (C=O) groups is 2. The van der Waals surface area contributed by atoms with Crippen LogP contribution < -0.4 is 14.8 Å². The molecule has 30 heavy (non-hydrogen) atoms. The largest absolute Gasteiger partial charge is 0.497 e. The summed E-state index contributed by atoms with van der Waals surface area (Å²) >= 11 is 7.55. The van der Waals surface area contributed by atoms with E-state index in [-0.39, 0.29) is 12.2 Å². The number of rotatable bonds is 7. The molecule has 8 heteroatoms. The predicted octanol–water partition coefficient (Wildman–Crippen LogP) is 5.51. The fraction of sp³-hybridized carbons (Fsp3) is 0.182. The van der Waals surface area contributed by atoms with Crippen molar-refractivity contribution >= 4 is 39.8 Å². The summed E-state index contributed by atoms with van der Waals surface area (Å²) in [5, 5.41) is 5.44. The molecule has 0 radical (unpaired) electrons. The number of halogens is 1. The van der Waals surface area contributed by atoms with Crippen LogP contribution in [0.5, 0.6) is 11.5 Å². The predicted molar refractivity (Wildman–Crippen MR) is 118 cm³/mol. The van der Waals surface area contributed by atoms with Crippen LogP contribution in [0, 0.1) is 0 Å². The average molecular weight is 446 g/mol. The molecule has 0 bridgehead atoms. The van der Waals surface area contributed by atoms with Crippen molar-refractivity contribution in [2.75, 3.05) is 26.1 Å². The molecule has 1 N–H and O–H groups in total. The maximum absolute atomic E-state index is 12.9. The molecule has 0 saturated heterocycles. The number of ether oxygens (including phenoxy) is 3. The molecule has 0 saturated carbocycles. The molecule has 1 heterocycles. The van der Waals surface area contributed by atoms with Gasteiger partial charge >= 0.3 is 5.97 Å². The van der Waals surface area contributed by atoms with Gasteiger partial charge in [-0.25, -0.2) is 4.79 Å². The minimum absolute atomic E-state index is 0.205. The highest BCUT2D eigenvalue weighted by Crippen LogP contribution is 2.39. The Labute approximate surface area is 183 Å². The second-order valence-corrected chi connectivity index (χ2v) is 7.36. The van der Waals surface area contributed by atoms with Crippen LogP contribution in [0.3, 0.4) is 0 Å². The van der Waals surface area contributed by atoms with Crippen LogP contribution in [0.1, 0.15) is 27.6 Å². The number of carbonyl (C=O) groups excluding carboxylic acids is 2. The van der Waals surface area contributed by atoms with Gasteiger partial charge in [-0.1, -0.05) is 29.8 Å². The van der Waals surface area contributed by atoms with Gasteiger partial charge in [0.15, 0.2) is 0 Å². The van der Waals surface area contributed by atoms with Gasteiger partial charge in [-0.2, -0.15) is 0 Å². The number of amides is 1.